The summed E-state index contributed by atoms with van der Waals surface area (Å²) in [6.45, 7) is 0.0608. The molecule has 0 aromatic heterocycles. The first-order chi connectivity index (χ1) is 8.83. The van der Waals surface area contributed by atoms with E-state index in [1.54, 1.807) is 0 Å². The van der Waals surface area contributed by atoms with E-state index in [9.17, 15) is 5.11 Å². The van der Waals surface area contributed by atoms with Crippen molar-refractivity contribution in [3.63, 3.8) is 0 Å². The van der Waals surface area contributed by atoms with Gasteiger partial charge in [0.25, 0.3) is 0 Å². The normalized spacial score (nSPS) is 12.1. The Bertz CT molecular complexity index is 481. The lowest BCUT2D eigenvalue weighted by Crippen LogP contribution is -2.19. The second-order valence-corrected chi connectivity index (χ2v) is 4.01. The molecule has 0 aliphatic rings. The van der Waals surface area contributed by atoms with Gasteiger partial charge >= 0.3 is 0 Å². The number of aliphatic hydroxyl groups excluding tert-OH is 1. The van der Waals surface area contributed by atoms with Gasteiger partial charge in [-0.2, -0.15) is 0 Å². The van der Waals surface area contributed by atoms with E-state index < -0.39 is 0 Å². The number of hydrogen-bond acceptors (Lipinski definition) is 3. The first-order valence-corrected chi connectivity index (χ1v) is 5.94. The number of rotatable bonds is 5. The Hall–Kier alpha value is -1.84. The van der Waals surface area contributed by atoms with Crippen LogP contribution in [0.15, 0.2) is 54.6 Å². The Morgan fingerprint density at radius 1 is 1.06 bits per heavy atom. The summed E-state index contributed by atoms with van der Waals surface area (Å²) in [6, 6.07) is 17.3. The third-order valence-electron chi connectivity index (χ3n) is 2.77. The topological polar surface area (TPSA) is 41.5 Å². The molecule has 1 unspecified atom stereocenters. The second kappa shape index (κ2) is 6.19. The molecule has 0 aliphatic heterocycles. The zero-order valence-electron chi connectivity index (χ0n) is 10.3. The standard InChI is InChI=1S/C15H17NO2/c1-16-15(11-17)12-6-5-9-14(10-12)18-13-7-3-2-4-8-13/h2-10,15-17H,11H2,1H3. The maximum Gasteiger partial charge on any atom is 0.127 e. The Labute approximate surface area is 107 Å². The van der Waals surface area contributed by atoms with Gasteiger partial charge in [0.05, 0.1) is 12.6 Å². The number of ether oxygens (including phenoxy) is 1. The van der Waals surface area contributed by atoms with E-state index in [2.05, 4.69) is 5.32 Å². The van der Waals surface area contributed by atoms with Crippen LogP contribution >= 0.6 is 0 Å². The molecule has 2 rings (SSSR count). The monoisotopic (exact) mass is 243 g/mol. The van der Waals surface area contributed by atoms with Crippen LogP contribution in [0.5, 0.6) is 11.5 Å². The molecule has 0 spiro atoms. The first-order valence-electron chi connectivity index (χ1n) is 5.94. The minimum atomic E-state index is -0.0654. The van der Waals surface area contributed by atoms with Crippen molar-refractivity contribution in [2.24, 2.45) is 0 Å². The number of nitrogens with one attached hydrogen (secondary N) is 1. The molecule has 3 heteroatoms. The van der Waals surface area contributed by atoms with E-state index in [1.165, 1.54) is 0 Å². The van der Waals surface area contributed by atoms with Gasteiger partial charge in [-0.3, -0.25) is 0 Å². The van der Waals surface area contributed by atoms with Crippen LogP contribution in [0, 0.1) is 0 Å². The van der Waals surface area contributed by atoms with Crippen LogP contribution < -0.4 is 10.1 Å². The molecule has 0 aliphatic carbocycles. The minimum Gasteiger partial charge on any atom is -0.457 e. The zero-order valence-corrected chi connectivity index (χ0v) is 10.3. The van der Waals surface area contributed by atoms with E-state index in [0.29, 0.717) is 0 Å². The zero-order chi connectivity index (χ0) is 12.8. The maximum absolute atomic E-state index is 9.26. The van der Waals surface area contributed by atoms with Crippen molar-refractivity contribution in [3.05, 3.63) is 60.2 Å². The lowest BCUT2D eigenvalue weighted by molar-refractivity contribution is 0.251. The molecule has 0 heterocycles. The molecule has 94 valence electrons. The van der Waals surface area contributed by atoms with Gasteiger partial charge in [0.1, 0.15) is 11.5 Å². The van der Waals surface area contributed by atoms with Crippen molar-refractivity contribution >= 4 is 0 Å². The first kappa shape index (κ1) is 12.6. The molecule has 0 bridgehead atoms. The molecule has 0 saturated heterocycles. The maximum atomic E-state index is 9.26. The molecule has 1 atom stereocenters. The number of hydrogen-bond donors (Lipinski definition) is 2. The van der Waals surface area contributed by atoms with Crippen LogP contribution in [0.25, 0.3) is 0 Å². The molecule has 0 radical (unpaired) electrons. The number of para-hydroxylation sites is 1. The molecule has 2 aromatic rings. The molecule has 0 saturated carbocycles. The average Bonchev–Trinajstić information content (AvgIpc) is 2.42. The Kier molecular flexibility index (Phi) is 4.34. The Morgan fingerprint density at radius 3 is 2.44 bits per heavy atom. The quantitative estimate of drug-likeness (QED) is 0.848. The van der Waals surface area contributed by atoms with Crippen LogP contribution in [0.4, 0.5) is 0 Å². The van der Waals surface area contributed by atoms with E-state index >= 15 is 0 Å². The van der Waals surface area contributed by atoms with Gasteiger partial charge in [0, 0.05) is 0 Å². The van der Waals surface area contributed by atoms with Crippen LogP contribution in [-0.4, -0.2) is 18.8 Å². The van der Waals surface area contributed by atoms with Gasteiger partial charge in [-0.05, 0) is 36.9 Å². The highest BCUT2D eigenvalue weighted by molar-refractivity contribution is 5.35. The van der Waals surface area contributed by atoms with E-state index in [-0.39, 0.29) is 12.6 Å². The fourth-order valence-corrected chi connectivity index (χ4v) is 1.78. The Morgan fingerprint density at radius 2 is 1.78 bits per heavy atom. The highest BCUT2D eigenvalue weighted by Gasteiger charge is 2.08. The van der Waals surface area contributed by atoms with Gasteiger partial charge in [-0.15, -0.1) is 0 Å². The van der Waals surface area contributed by atoms with Crippen molar-refractivity contribution in [1.82, 2.24) is 5.32 Å². The molecular formula is C15H17NO2. The summed E-state index contributed by atoms with van der Waals surface area (Å²) < 4.78 is 5.75. The summed E-state index contributed by atoms with van der Waals surface area (Å²) in [6.07, 6.45) is 0. The summed E-state index contributed by atoms with van der Waals surface area (Å²) in [7, 11) is 1.83. The van der Waals surface area contributed by atoms with E-state index in [4.69, 9.17) is 4.74 Å². The lowest BCUT2D eigenvalue weighted by atomic mass is 10.1. The van der Waals surface area contributed by atoms with Crippen LogP contribution in [0.3, 0.4) is 0 Å². The van der Waals surface area contributed by atoms with Crippen LogP contribution in [0.1, 0.15) is 11.6 Å². The largest absolute Gasteiger partial charge is 0.457 e. The van der Waals surface area contributed by atoms with Crippen molar-refractivity contribution < 1.29 is 9.84 Å². The van der Waals surface area contributed by atoms with E-state index in [0.717, 1.165) is 17.1 Å². The third-order valence-corrected chi connectivity index (χ3v) is 2.77. The van der Waals surface area contributed by atoms with Crippen molar-refractivity contribution in [2.45, 2.75) is 6.04 Å². The predicted molar refractivity (Wildman–Crippen MR) is 71.8 cm³/mol. The molecule has 0 amide bonds. The summed E-state index contributed by atoms with van der Waals surface area (Å²) >= 11 is 0. The van der Waals surface area contributed by atoms with Crippen LogP contribution in [0.2, 0.25) is 0 Å². The van der Waals surface area contributed by atoms with Crippen molar-refractivity contribution in [1.29, 1.82) is 0 Å². The van der Waals surface area contributed by atoms with Gasteiger partial charge in [0.2, 0.25) is 0 Å². The highest BCUT2D eigenvalue weighted by Crippen LogP contribution is 2.24. The SMILES string of the molecule is CNC(CO)c1cccc(Oc2ccccc2)c1. The van der Waals surface area contributed by atoms with Crippen LogP contribution in [-0.2, 0) is 0 Å². The summed E-state index contributed by atoms with van der Waals surface area (Å²) in [5.41, 5.74) is 1.01. The fourth-order valence-electron chi connectivity index (χ4n) is 1.78. The summed E-state index contributed by atoms with van der Waals surface area (Å²) in [4.78, 5) is 0. The molecular weight excluding hydrogens is 226 g/mol. The predicted octanol–water partition coefficient (Wildman–Crippen LogP) is 2.73. The van der Waals surface area contributed by atoms with Gasteiger partial charge in [0.15, 0.2) is 0 Å². The third kappa shape index (κ3) is 3.09. The minimum absolute atomic E-state index is 0.0608. The molecule has 18 heavy (non-hydrogen) atoms. The average molecular weight is 243 g/mol. The van der Waals surface area contributed by atoms with Crippen molar-refractivity contribution in [2.75, 3.05) is 13.7 Å². The Balaban J connectivity index is 2.17. The highest BCUT2D eigenvalue weighted by atomic mass is 16.5. The lowest BCUT2D eigenvalue weighted by Gasteiger charge is -2.14. The molecule has 0 fully saturated rings. The number of benzene rings is 2. The van der Waals surface area contributed by atoms with Crippen molar-refractivity contribution in [3.8, 4) is 11.5 Å². The van der Waals surface area contributed by atoms with E-state index in [1.807, 2.05) is 61.6 Å². The second-order valence-electron chi connectivity index (χ2n) is 4.01. The molecule has 2 N–H and O–H groups in total. The van der Waals surface area contributed by atoms with Gasteiger partial charge < -0.3 is 15.2 Å². The number of aliphatic hydroxyl groups is 1. The van der Waals surface area contributed by atoms with Gasteiger partial charge in [-0.25, -0.2) is 0 Å². The van der Waals surface area contributed by atoms with Gasteiger partial charge in [-0.1, -0.05) is 30.3 Å². The summed E-state index contributed by atoms with van der Waals surface area (Å²) in [5, 5.41) is 12.3. The molecule has 2 aromatic carbocycles. The summed E-state index contributed by atoms with van der Waals surface area (Å²) in [5.74, 6) is 1.58. The smallest absolute Gasteiger partial charge is 0.127 e. The molecule has 3 nitrogen and oxygen atoms in total. The number of likely N-dealkylation sites (N-methyl/N-ethyl adjacent to an activating group) is 1. The fraction of sp³-hybridized carbons (Fsp3) is 0.200.